The first-order valence-corrected chi connectivity index (χ1v) is 12.5. The molecular formula is C24H40N4O6. The SMILES string of the molecule is C[C@@H](COC(=O)/C=C/C(=O)OC[C@H](C)NC(=O)NC1CCCCC1)NC(=O)NC1CCCCC1. The Hall–Kier alpha value is -2.78. The zero-order valence-corrected chi connectivity index (χ0v) is 20.4. The van der Waals surface area contributed by atoms with Crippen LogP contribution in [0.25, 0.3) is 0 Å². The summed E-state index contributed by atoms with van der Waals surface area (Å²) in [6.07, 6.45) is 12.8. The lowest BCUT2D eigenvalue weighted by atomic mass is 9.96. The van der Waals surface area contributed by atoms with E-state index in [4.69, 9.17) is 9.47 Å². The van der Waals surface area contributed by atoms with Crippen molar-refractivity contribution in [3.8, 4) is 0 Å². The van der Waals surface area contributed by atoms with E-state index in [1.807, 2.05) is 0 Å². The van der Waals surface area contributed by atoms with Crippen LogP contribution in [0.1, 0.15) is 78.1 Å². The molecule has 0 bridgehead atoms. The van der Waals surface area contributed by atoms with Gasteiger partial charge in [-0.1, -0.05) is 38.5 Å². The number of carbonyl (C=O) groups excluding carboxylic acids is 4. The summed E-state index contributed by atoms with van der Waals surface area (Å²) >= 11 is 0. The van der Waals surface area contributed by atoms with E-state index in [0.29, 0.717) is 0 Å². The Morgan fingerprint density at radius 3 is 1.38 bits per heavy atom. The van der Waals surface area contributed by atoms with Crippen molar-refractivity contribution < 1.29 is 28.7 Å². The molecule has 0 spiro atoms. The van der Waals surface area contributed by atoms with Crippen LogP contribution in [0.5, 0.6) is 0 Å². The first kappa shape index (κ1) is 27.5. The van der Waals surface area contributed by atoms with Crippen molar-refractivity contribution in [2.45, 2.75) is 102 Å². The first-order chi connectivity index (χ1) is 16.3. The molecule has 0 radical (unpaired) electrons. The number of hydrogen-bond acceptors (Lipinski definition) is 6. The highest BCUT2D eigenvalue weighted by atomic mass is 16.5. The molecule has 2 saturated carbocycles. The maximum Gasteiger partial charge on any atom is 0.331 e. The van der Waals surface area contributed by atoms with Crippen molar-refractivity contribution in [3.63, 3.8) is 0 Å². The van der Waals surface area contributed by atoms with Gasteiger partial charge in [0.15, 0.2) is 0 Å². The van der Waals surface area contributed by atoms with Gasteiger partial charge < -0.3 is 30.7 Å². The number of rotatable bonds is 10. The lowest BCUT2D eigenvalue weighted by Crippen LogP contribution is -2.47. The van der Waals surface area contributed by atoms with Crippen molar-refractivity contribution in [1.82, 2.24) is 21.3 Å². The Labute approximate surface area is 202 Å². The van der Waals surface area contributed by atoms with Crippen LogP contribution in [0.3, 0.4) is 0 Å². The Kier molecular flexibility index (Phi) is 12.3. The van der Waals surface area contributed by atoms with E-state index in [-0.39, 0.29) is 49.4 Å². The fourth-order valence-corrected chi connectivity index (χ4v) is 4.13. The summed E-state index contributed by atoms with van der Waals surface area (Å²) in [4.78, 5) is 47.6. The number of carbonyl (C=O) groups is 4. The summed E-state index contributed by atoms with van der Waals surface area (Å²) < 4.78 is 10.1. The van der Waals surface area contributed by atoms with Gasteiger partial charge in [0.25, 0.3) is 0 Å². The lowest BCUT2D eigenvalue weighted by molar-refractivity contribution is -0.141. The van der Waals surface area contributed by atoms with Gasteiger partial charge >= 0.3 is 24.0 Å². The van der Waals surface area contributed by atoms with Gasteiger partial charge in [-0.25, -0.2) is 19.2 Å². The number of urea groups is 2. The Balaban J connectivity index is 1.55. The average molecular weight is 481 g/mol. The molecule has 0 unspecified atom stereocenters. The van der Waals surface area contributed by atoms with E-state index < -0.39 is 11.9 Å². The molecule has 10 nitrogen and oxygen atoms in total. The molecule has 4 amide bonds. The van der Waals surface area contributed by atoms with Crippen LogP contribution >= 0.6 is 0 Å². The second kappa shape index (κ2) is 15.2. The van der Waals surface area contributed by atoms with Crippen molar-refractivity contribution in [2.24, 2.45) is 0 Å². The van der Waals surface area contributed by atoms with Crippen LogP contribution in [-0.2, 0) is 19.1 Å². The van der Waals surface area contributed by atoms with E-state index in [1.54, 1.807) is 13.8 Å². The maximum absolute atomic E-state index is 12.0. The molecule has 2 aliphatic rings. The topological polar surface area (TPSA) is 135 Å². The quantitative estimate of drug-likeness (QED) is 0.280. The van der Waals surface area contributed by atoms with Gasteiger partial charge in [-0.15, -0.1) is 0 Å². The highest BCUT2D eigenvalue weighted by molar-refractivity contribution is 5.91. The Bertz CT molecular complexity index is 644. The van der Waals surface area contributed by atoms with Crippen molar-refractivity contribution in [2.75, 3.05) is 13.2 Å². The predicted molar refractivity (Wildman–Crippen MR) is 127 cm³/mol. The van der Waals surface area contributed by atoms with Gasteiger partial charge in [-0.05, 0) is 39.5 Å². The lowest BCUT2D eigenvalue weighted by Gasteiger charge is -2.24. The largest absolute Gasteiger partial charge is 0.460 e. The Morgan fingerprint density at radius 1 is 0.676 bits per heavy atom. The molecule has 0 aliphatic heterocycles. The van der Waals surface area contributed by atoms with Crippen LogP contribution in [-0.4, -0.2) is 61.4 Å². The molecule has 0 aromatic carbocycles. The zero-order valence-electron chi connectivity index (χ0n) is 20.4. The van der Waals surface area contributed by atoms with Crippen molar-refractivity contribution in [1.29, 1.82) is 0 Å². The summed E-state index contributed by atoms with van der Waals surface area (Å²) in [5.74, 6) is -1.42. The summed E-state index contributed by atoms with van der Waals surface area (Å²) in [6.45, 7) is 3.41. The fraction of sp³-hybridized carbons (Fsp3) is 0.750. The van der Waals surface area contributed by atoms with Gasteiger partial charge in [0.05, 0.1) is 12.1 Å². The number of esters is 2. The van der Waals surface area contributed by atoms with E-state index in [9.17, 15) is 19.2 Å². The number of amides is 4. The highest BCUT2D eigenvalue weighted by Crippen LogP contribution is 2.17. The first-order valence-electron chi connectivity index (χ1n) is 12.5. The monoisotopic (exact) mass is 480 g/mol. The zero-order chi connectivity index (χ0) is 24.8. The molecule has 2 rings (SSSR count). The van der Waals surface area contributed by atoms with Gasteiger partial charge in [0.1, 0.15) is 13.2 Å². The third kappa shape index (κ3) is 11.9. The van der Waals surface area contributed by atoms with Crippen LogP contribution in [0.15, 0.2) is 12.2 Å². The van der Waals surface area contributed by atoms with Crippen LogP contribution in [0.4, 0.5) is 9.59 Å². The third-order valence-corrected chi connectivity index (χ3v) is 5.94. The number of nitrogens with one attached hydrogen (secondary N) is 4. The molecule has 192 valence electrons. The molecule has 0 heterocycles. The van der Waals surface area contributed by atoms with Crippen molar-refractivity contribution >= 4 is 24.0 Å². The molecule has 2 aliphatic carbocycles. The van der Waals surface area contributed by atoms with Gasteiger partial charge in [-0.2, -0.15) is 0 Å². The van der Waals surface area contributed by atoms with E-state index in [2.05, 4.69) is 21.3 Å². The minimum absolute atomic E-state index is 0.0205. The minimum atomic E-state index is -0.712. The van der Waals surface area contributed by atoms with Crippen molar-refractivity contribution in [3.05, 3.63) is 12.2 Å². The number of hydrogen-bond donors (Lipinski definition) is 4. The van der Waals surface area contributed by atoms with Crippen LogP contribution in [0, 0.1) is 0 Å². The Morgan fingerprint density at radius 2 is 1.03 bits per heavy atom. The third-order valence-electron chi connectivity index (χ3n) is 5.94. The molecule has 0 aromatic heterocycles. The predicted octanol–water partition coefficient (Wildman–Crippen LogP) is 2.67. The van der Waals surface area contributed by atoms with Gasteiger partial charge in [0, 0.05) is 24.2 Å². The van der Waals surface area contributed by atoms with E-state index in [1.165, 1.54) is 12.8 Å². The van der Waals surface area contributed by atoms with Crippen LogP contribution in [0.2, 0.25) is 0 Å². The molecule has 34 heavy (non-hydrogen) atoms. The van der Waals surface area contributed by atoms with E-state index >= 15 is 0 Å². The number of ether oxygens (including phenoxy) is 2. The minimum Gasteiger partial charge on any atom is -0.460 e. The molecule has 0 aromatic rings. The van der Waals surface area contributed by atoms with E-state index in [0.717, 1.165) is 63.5 Å². The van der Waals surface area contributed by atoms with Gasteiger partial charge in [0.2, 0.25) is 0 Å². The molecule has 10 heteroatoms. The van der Waals surface area contributed by atoms with Gasteiger partial charge in [-0.3, -0.25) is 0 Å². The van der Waals surface area contributed by atoms with Crippen LogP contribution < -0.4 is 21.3 Å². The average Bonchev–Trinajstić information content (AvgIpc) is 2.81. The maximum atomic E-state index is 12.0. The summed E-state index contributed by atoms with van der Waals surface area (Å²) in [5.41, 5.74) is 0. The summed E-state index contributed by atoms with van der Waals surface area (Å²) in [7, 11) is 0. The molecule has 2 fully saturated rings. The fourth-order valence-electron chi connectivity index (χ4n) is 4.13. The highest BCUT2D eigenvalue weighted by Gasteiger charge is 2.18. The molecule has 0 saturated heterocycles. The molecular weight excluding hydrogens is 440 g/mol. The normalized spacial score (nSPS) is 19.0. The second-order valence-corrected chi connectivity index (χ2v) is 9.30. The second-order valence-electron chi connectivity index (χ2n) is 9.30. The summed E-state index contributed by atoms with van der Waals surface area (Å²) in [6, 6.07) is -0.906. The molecule has 2 atom stereocenters. The summed E-state index contributed by atoms with van der Waals surface area (Å²) in [5, 5.41) is 11.4. The standard InChI is InChI=1S/C24H40N4O6/c1-17(25-23(31)27-19-9-5-3-6-10-19)15-33-21(29)13-14-22(30)34-16-18(2)26-24(32)28-20-11-7-4-8-12-20/h13-14,17-20H,3-12,15-16H2,1-2H3,(H2,25,27,31)(H2,26,28,32)/b14-13+/t17-,18-/m0/s1. The smallest absolute Gasteiger partial charge is 0.331 e. The molecule has 4 N–H and O–H groups in total.